The minimum Gasteiger partial charge on any atom is -0.297 e. The van der Waals surface area contributed by atoms with E-state index in [4.69, 9.17) is 0 Å². The first-order chi connectivity index (χ1) is 5.49. The fourth-order valence-corrected chi connectivity index (χ4v) is 1.44. The second-order valence-electron chi connectivity index (χ2n) is 4.06. The van der Waals surface area contributed by atoms with Crippen molar-refractivity contribution >= 4 is 0 Å². The summed E-state index contributed by atoms with van der Waals surface area (Å²) in [4.78, 5) is 1.86. The molecular formula is C9H17F2N. The number of rotatable bonds is 3. The van der Waals surface area contributed by atoms with Gasteiger partial charge in [-0.15, -0.1) is 0 Å². The van der Waals surface area contributed by atoms with Gasteiger partial charge in [-0.25, -0.2) is 8.78 Å². The standard InChI is InChI=1S/C9H17F2N/c1-8(2)3-5-12-6-4-9(10,11)7-12/h8H,3-7H2,1-2H3. The summed E-state index contributed by atoms with van der Waals surface area (Å²) in [7, 11) is 0. The molecule has 72 valence electrons. The van der Waals surface area contributed by atoms with Gasteiger partial charge in [0.2, 0.25) is 0 Å². The van der Waals surface area contributed by atoms with Gasteiger partial charge < -0.3 is 0 Å². The smallest absolute Gasteiger partial charge is 0.261 e. The van der Waals surface area contributed by atoms with Crippen molar-refractivity contribution in [3.8, 4) is 0 Å². The number of likely N-dealkylation sites (tertiary alicyclic amines) is 1. The van der Waals surface area contributed by atoms with Crippen LogP contribution in [0.3, 0.4) is 0 Å². The van der Waals surface area contributed by atoms with Crippen LogP contribution in [0.15, 0.2) is 0 Å². The molecule has 1 aliphatic rings. The Labute approximate surface area is 72.7 Å². The molecular weight excluding hydrogens is 160 g/mol. The molecule has 3 heteroatoms. The Hall–Kier alpha value is -0.180. The van der Waals surface area contributed by atoms with Crippen LogP contribution in [-0.4, -0.2) is 30.5 Å². The third kappa shape index (κ3) is 3.05. The summed E-state index contributed by atoms with van der Waals surface area (Å²) in [5.74, 6) is -1.81. The van der Waals surface area contributed by atoms with E-state index >= 15 is 0 Å². The molecule has 1 rings (SSSR count). The summed E-state index contributed by atoms with van der Waals surface area (Å²) in [5, 5.41) is 0. The van der Waals surface area contributed by atoms with Crippen LogP contribution in [0.5, 0.6) is 0 Å². The predicted molar refractivity (Wildman–Crippen MR) is 45.5 cm³/mol. The van der Waals surface area contributed by atoms with Crippen LogP contribution in [-0.2, 0) is 0 Å². The third-order valence-electron chi connectivity index (χ3n) is 2.27. The van der Waals surface area contributed by atoms with Gasteiger partial charge in [-0.05, 0) is 18.9 Å². The van der Waals surface area contributed by atoms with Crippen molar-refractivity contribution in [1.82, 2.24) is 4.90 Å². The van der Waals surface area contributed by atoms with Crippen LogP contribution in [0.2, 0.25) is 0 Å². The first kappa shape index (κ1) is 9.90. The van der Waals surface area contributed by atoms with Crippen LogP contribution < -0.4 is 0 Å². The zero-order chi connectivity index (χ0) is 9.19. The Kier molecular flexibility index (Phi) is 3.04. The molecule has 0 amide bonds. The van der Waals surface area contributed by atoms with Crippen molar-refractivity contribution in [3.63, 3.8) is 0 Å². The molecule has 0 N–H and O–H groups in total. The van der Waals surface area contributed by atoms with Gasteiger partial charge in [0.1, 0.15) is 0 Å². The van der Waals surface area contributed by atoms with Crippen LogP contribution in [0, 0.1) is 5.92 Å². The largest absolute Gasteiger partial charge is 0.297 e. The summed E-state index contributed by atoms with van der Waals surface area (Å²) < 4.78 is 25.4. The topological polar surface area (TPSA) is 3.24 Å². The van der Waals surface area contributed by atoms with Gasteiger partial charge in [0.25, 0.3) is 5.92 Å². The lowest BCUT2D eigenvalue weighted by Crippen LogP contribution is -2.26. The summed E-state index contributed by atoms with van der Waals surface area (Å²) in [6, 6.07) is 0. The predicted octanol–water partition coefficient (Wildman–Crippen LogP) is 2.37. The molecule has 0 unspecified atom stereocenters. The number of hydrogen-bond acceptors (Lipinski definition) is 1. The van der Waals surface area contributed by atoms with Gasteiger partial charge in [0.15, 0.2) is 0 Å². The first-order valence-corrected chi connectivity index (χ1v) is 4.60. The van der Waals surface area contributed by atoms with Gasteiger partial charge in [-0.3, -0.25) is 4.90 Å². The Balaban J connectivity index is 2.20. The molecule has 0 radical (unpaired) electrons. The first-order valence-electron chi connectivity index (χ1n) is 4.60. The molecule has 0 spiro atoms. The minimum atomic E-state index is -2.42. The van der Waals surface area contributed by atoms with E-state index in [1.54, 1.807) is 0 Å². The maximum absolute atomic E-state index is 12.7. The van der Waals surface area contributed by atoms with Crippen molar-refractivity contribution in [2.45, 2.75) is 32.6 Å². The van der Waals surface area contributed by atoms with Crippen LogP contribution >= 0.6 is 0 Å². The Morgan fingerprint density at radius 1 is 1.42 bits per heavy atom. The van der Waals surface area contributed by atoms with Gasteiger partial charge in [0.05, 0.1) is 6.54 Å². The Morgan fingerprint density at radius 2 is 2.08 bits per heavy atom. The second kappa shape index (κ2) is 3.69. The molecule has 12 heavy (non-hydrogen) atoms. The monoisotopic (exact) mass is 177 g/mol. The van der Waals surface area contributed by atoms with Crippen LogP contribution in [0.25, 0.3) is 0 Å². The number of halogens is 2. The molecule has 0 atom stereocenters. The summed E-state index contributed by atoms with van der Waals surface area (Å²) >= 11 is 0. The second-order valence-corrected chi connectivity index (χ2v) is 4.06. The van der Waals surface area contributed by atoms with Crippen molar-refractivity contribution < 1.29 is 8.78 Å². The van der Waals surface area contributed by atoms with E-state index in [1.807, 2.05) is 4.90 Å². The number of nitrogens with zero attached hydrogens (tertiary/aromatic N) is 1. The quantitative estimate of drug-likeness (QED) is 0.639. The summed E-state index contributed by atoms with van der Waals surface area (Å²) in [6.45, 7) is 5.61. The van der Waals surface area contributed by atoms with Crippen molar-refractivity contribution in [3.05, 3.63) is 0 Å². The highest BCUT2D eigenvalue weighted by Gasteiger charge is 2.37. The zero-order valence-corrected chi connectivity index (χ0v) is 7.82. The molecule has 0 bridgehead atoms. The lowest BCUT2D eigenvalue weighted by molar-refractivity contribution is 0.0119. The Morgan fingerprint density at radius 3 is 2.50 bits per heavy atom. The normalized spacial score (nSPS) is 23.8. The highest BCUT2D eigenvalue weighted by molar-refractivity contribution is 4.81. The van der Waals surface area contributed by atoms with E-state index < -0.39 is 5.92 Å². The van der Waals surface area contributed by atoms with Gasteiger partial charge >= 0.3 is 0 Å². The average molecular weight is 177 g/mol. The van der Waals surface area contributed by atoms with Gasteiger partial charge in [0, 0.05) is 13.0 Å². The molecule has 0 saturated carbocycles. The number of hydrogen-bond donors (Lipinski definition) is 0. The lowest BCUT2D eigenvalue weighted by Gasteiger charge is -2.16. The van der Waals surface area contributed by atoms with Crippen molar-refractivity contribution in [2.75, 3.05) is 19.6 Å². The molecule has 1 fully saturated rings. The molecule has 0 aromatic heterocycles. The van der Waals surface area contributed by atoms with E-state index in [0.29, 0.717) is 12.5 Å². The molecule has 1 nitrogen and oxygen atoms in total. The third-order valence-corrected chi connectivity index (χ3v) is 2.27. The molecule has 0 aromatic rings. The minimum absolute atomic E-state index is 0.0281. The summed E-state index contributed by atoms with van der Waals surface area (Å²) in [6.07, 6.45) is 1.07. The van der Waals surface area contributed by atoms with E-state index in [1.165, 1.54) is 0 Å². The lowest BCUT2D eigenvalue weighted by atomic mass is 10.1. The molecule has 1 heterocycles. The SMILES string of the molecule is CC(C)CCN1CCC(F)(F)C1. The molecule has 1 saturated heterocycles. The van der Waals surface area contributed by atoms with Crippen molar-refractivity contribution in [2.24, 2.45) is 5.92 Å². The molecule has 0 aliphatic carbocycles. The van der Waals surface area contributed by atoms with Gasteiger partial charge in [-0.2, -0.15) is 0 Å². The average Bonchev–Trinajstić information content (AvgIpc) is 2.26. The van der Waals surface area contributed by atoms with E-state index in [9.17, 15) is 8.78 Å². The van der Waals surface area contributed by atoms with Crippen LogP contribution in [0.4, 0.5) is 8.78 Å². The highest BCUT2D eigenvalue weighted by Crippen LogP contribution is 2.26. The fourth-order valence-electron chi connectivity index (χ4n) is 1.44. The highest BCUT2D eigenvalue weighted by atomic mass is 19.3. The maximum atomic E-state index is 12.7. The summed E-state index contributed by atoms with van der Waals surface area (Å²) in [5.41, 5.74) is 0. The maximum Gasteiger partial charge on any atom is 0.261 e. The van der Waals surface area contributed by atoms with Crippen molar-refractivity contribution in [1.29, 1.82) is 0 Å². The van der Waals surface area contributed by atoms with Gasteiger partial charge in [-0.1, -0.05) is 13.8 Å². The zero-order valence-electron chi connectivity index (χ0n) is 7.82. The van der Waals surface area contributed by atoms with E-state index in [0.717, 1.165) is 13.0 Å². The fraction of sp³-hybridized carbons (Fsp3) is 1.00. The Bertz CT molecular complexity index is 145. The molecule has 0 aromatic carbocycles. The van der Waals surface area contributed by atoms with E-state index in [-0.39, 0.29) is 13.0 Å². The van der Waals surface area contributed by atoms with E-state index in [2.05, 4.69) is 13.8 Å². The van der Waals surface area contributed by atoms with Crippen LogP contribution in [0.1, 0.15) is 26.7 Å². The molecule has 1 aliphatic heterocycles. The number of alkyl halides is 2.